The van der Waals surface area contributed by atoms with E-state index in [1.165, 1.54) is 23.5 Å². The van der Waals surface area contributed by atoms with Gasteiger partial charge in [-0.05, 0) is 31.2 Å². The molecule has 1 N–H and O–H groups in total. The molecular weight excluding hydrogens is 378 g/mol. The molecule has 0 bridgehead atoms. The van der Waals surface area contributed by atoms with Gasteiger partial charge in [-0.15, -0.1) is 11.3 Å². The molecule has 1 heterocycles. The molecule has 0 aliphatic heterocycles. The van der Waals surface area contributed by atoms with E-state index in [1.807, 2.05) is 13.0 Å². The lowest BCUT2D eigenvalue weighted by atomic mass is 10.1. The second-order valence-corrected chi connectivity index (χ2v) is 6.34. The van der Waals surface area contributed by atoms with Crippen LogP contribution in [0, 0.1) is 21.4 Å². The Bertz CT molecular complexity index is 1050. The summed E-state index contributed by atoms with van der Waals surface area (Å²) >= 11 is 1.24. The fourth-order valence-electron chi connectivity index (χ4n) is 2.33. The molecule has 9 heteroatoms. The summed E-state index contributed by atoms with van der Waals surface area (Å²) in [6.07, 6.45) is 0. The van der Waals surface area contributed by atoms with Crippen molar-refractivity contribution >= 4 is 28.4 Å². The van der Waals surface area contributed by atoms with Gasteiger partial charge in [-0.1, -0.05) is 12.1 Å². The van der Waals surface area contributed by atoms with Crippen molar-refractivity contribution in [2.24, 2.45) is 5.10 Å². The predicted octanol–water partition coefficient (Wildman–Crippen LogP) is 4.46. The normalized spacial score (nSPS) is 10.9. The Labute approximate surface area is 164 Å². The maximum absolute atomic E-state index is 10.9. The molecule has 3 rings (SSSR count). The molecule has 2 aromatic carbocycles. The minimum absolute atomic E-state index is 0.0154. The number of rotatable bonds is 7. The Morgan fingerprint density at radius 3 is 2.82 bits per heavy atom. The number of nitro benzene ring substituents is 1. The van der Waals surface area contributed by atoms with Crippen molar-refractivity contribution in [2.75, 3.05) is 12.0 Å². The first-order chi connectivity index (χ1) is 13.6. The van der Waals surface area contributed by atoms with Crippen LogP contribution in [0.15, 0.2) is 59.0 Å². The molecule has 0 spiro atoms. The Kier molecular flexibility index (Phi) is 5.94. The first-order valence-electron chi connectivity index (χ1n) is 8.28. The number of hydrogen-bond donors (Lipinski definition) is 1. The lowest BCUT2D eigenvalue weighted by Crippen LogP contribution is -2.01. The third-order valence-electron chi connectivity index (χ3n) is 3.63. The molecule has 0 unspecified atom stereocenters. The lowest BCUT2D eigenvalue weighted by molar-refractivity contribution is -0.384. The first kappa shape index (κ1) is 19.0. The summed E-state index contributed by atoms with van der Waals surface area (Å²) < 4.78 is 5.38. The zero-order chi connectivity index (χ0) is 19.9. The molecule has 1 aromatic heterocycles. The van der Waals surface area contributed by atoms with Crippen LogP contribution in [0.1, 0.15) is 11.9 Å². The number of hydrogen-bond acceptors (Lipinski definition) is 8. The number of nitro groups is 1. The molecule has 8 nitrogen and oxygen atoms in total. The quantitative estimate of drug-likeness (QED) is 0.360. The van der Waals surface area contributed by atoms with Gasteiger partial charge in [0.25, 0.3) is 5.69 Å². The van der Waals surface area contributed by atoms with Gasteiger partial charge in [0.2, 0.25) is 0 Å². The third kappa shape index (κ3) is 4.49. The molecule has 0 saturated heterocycles. The van der Waals surface area contributed by atoms with E-state index in [0.717, 1.165) is 5.75 Å². The van der Waals surface area contributed by atoms with Gasteiger partial charge in [0.15, 0.2) is 10.7 Å². The van der Waals surface area contributed by atoms with E-state index in [-0.39, 0.29) is 11.4 Å². The summed E-state index contributed by atoms with van der Waals surface area (Å²) in [6, 6.07) is 15.4. The van der Waals surface area contributed by atoms with E-state index in [9.17, 15) is 15.4 Å². The number of nitrogens with one attached hydrogen (secondary N) is 1. The van der Waals surface area contributed by atoms with Crippen molar-refractivity contribution < 1.29 is 9.66 Å². The Morgan fingerprint density at radius 2 is 2.14 bits per heavy atom. The lowest BCUT2D eigenvalue weighted by Gasteiger charge is -2.04. The van der Waals surface area contributed by atoms with Crippen molar-refractivity contribution in [3.8, 4) is 23.1 Å². The largest absolute Gasteiger partial charge is 0.494 e. The molecule has 140 valence electrons. The van der Waals surface area contributed by atoms with Crippen LogP contribution >= 0.6 is 11.3 Å². The highest BCUT2D eigenvalue weighted by Crippen LogP contribution is 2.25. The smallest absolute Gasteiger partial charge is 0.270 e. The van der Waals surface area contributed by atoms with Crippen LogP contribution in [0.2, 0.25) is 0 Å². The number of nitriles is 1. The minimum Gasteiger partial charge on any atom is -0.494 e. The molecule has 3 aromatic rings. The number of ether oxygens (including phenoxy) is 1. The highest BCUT2D eigenvalue weighted by Gasteiger charge is 2.13. The average molecular weight is 393 g/mol. The van der Waals surface area contributed by atoms with E-state index >= 15 is 0 Å². The molecule has 28 heavy (non-hydrogen) atoms. The summed E-state index contributed by atoms with van der Waals surface area (Å²) in [5.41, 5.74) is 4.78. The maximum atomic E-state index is 10.9. The van der Waals surface area contributed by atoms with Gasteiger partial charge in [-0.25, -0.2) is 4.98 Å². The third-order valence-corrected chi connectivity index (χ3v) is 4.48. The van der Waals surface area contributed by atoms with Crippen LogP contribution in [0.3, 0.4) is 0 Å². The highest BCUT2D eigenvalue weighted by atomic mass is 32.1. The van der Waals surface area contributed by atoms with Gasteiger partial charge in [-0.3, -0.25) is 15.5 Å². The van der Waals surface area contributed by atoms with Crippen molar-refractivity contribution in [2.45, 2.75) is 6.92 Å². The second-order valence-electron chi connectivity index (χ2n) is 5.49. The monoisotopic (exact) mass is 393 g/mol. The van der Waals surface area contributed by atoms with Crippen molar-refractivity contribution in [3.05, 3.63) is 69.0 Å². The molecule has 0 atom stereocenters. The molecule has 0 radical (unpaired) electrons. The van der Waals surface area contributed by atoms with Gasteiger partial charge in [-0.2, -0.15) is 10.4 Å². The fraction of sp³-hybridized carbons (Fsp3) is 0.105. The minimum atomic E-state index is -0.459. The van der Waals surface area contributed by atoms with E-state index in [4.69, 9.17) is 4.74 Å². The van der Waals surface area contributed by atoms with Crippen LogP contribution < -0.4 is 10.2 Å². The standard InChI is InChI=1S/C19H15N5O3S/c1-2-27-16-8-6-14(7-9-16)22-23-17(11-20)19-21-18(12-28-19)13-4-3-5-15(10-13)24(25)26/h3-10,12,22H,2H2,1H3/b23-17+. The van der Waals surface area contributed by atoms with Crippen LogP contribution in [0.4, 0.5) is 11.4 Å². The first-order valence-corrected chi connectivity index (χ1v) is 9.16. The van der Waals surface area contributed by atoms with E-state index < -0.39 is 4.92 Å². The predicted molar refractivity (Wildman–Crippen MR) is 108 cm³/mol. The summed E-state index contributed by atoms with van der Waals surface area (Å²) in [6.45, 7) is 2.49. The zero-order valence-electron chi connectivity index (χ0n) is 14.8. The molecule has 0 amide bonds. The summed E-state index contributed by atoms with van der Waals surface area (Å²) in [7, 11) is 0. The van der Waals surface area contributed by atoms with Gasteiger partial charge >= 0.3 is 0 Å². The van der Waals surface area contributed by atoms with Crippen molar-refractivity contribution in [3.63, 3.8) is 0 Å². The number of benzene rings is 2. The van der Waals surface area contributed by atoms with Crippen molar-refractivity contribution in [1.82, 2.24) is 4.98 Å². The van der Waals surface area contributed by atoms with Crippen molar-refractivity contribution in [1.29, 1.82) is 5.26 Å². The average Bonchev–Trinajstić information content (AvgIpc) is 3.20. The number of anilines is 1. The second kappa shape index (κ2) is 8.75. The zero-order valence-corrected chi connectivity index (χ0v) is 15.6. The van der Waals surface area contributed by atoms with E-state index in [0.29, 0.717) is 28.6 Å². The van der Waals surface area contributed by atoms with Crippen LogP contribution in [-0.2, 0) is 0 Å². The van der Waals surface area contributed by atoms with E-state index in [1.54, 1.807) is 41.8 Å². The van der Waals surface area contributed by atoms with Gasteiger partial charge in [0.1, 0.15) is 11.8 Å². The number of hydrazone groups is 1. The van der Waals surface area contributed by atoms with Crippen LogP contribution in [0.5, 0.6) is 5.75 Å². The number of non-ortho nitro benzene ring substituents is 1. The molecule has 0 saturated carbocycles. The fourth-order valence-corrected chi connectivity index (χ4v) is 3.09. The summed E-state index contributed by atoms with van der Waals surface area (Å²) in [4.78, 5) is 14.9. The molecule has 0 aliphatic rings. The Hall–Kier alpha value is -3.77. The summed E-state index contributed by atoms with van der Waals surface area (Å²) in [5, 5.41) is 26.6. The van der Waals surface area contributed by atoms with Crippen LogP contribution in [-0.4, -0.2) is 22.2 Å². The number of nitrogens with zero attached hydrogens (tertiary/aromatic N) is 4. The van der Waals surface area contributed by atoms with E-state index in [2.05, 4.69) is 15.5 Å². The molecule has 0 fully saturated rings. The van der Waals surface area contributed by atoms with Gasteiger partial charge < -0.3 is 4.74 Å². The maximum Gasteiger partial charge on any atom is 0.270 e. The highest BCUT2D eigenvalue weighted by molar-refractivity contribution is 7.12. The Morgan fingerprint density at radius 1 is 1.36 bits per heavy atom. The Balaban J connectivity index is 1.78. The topological polar surface area (TPSA) is 113 Å². The van der Waals surface area contributed by atoms with Gasteiger partial charge in [0, 0.05) is 23.1 Å². The number of thiazole rings is 1. The SMILES string of the molecule is CCOc1ccc(N/N=C(\C#N)c2nc(-c3cccc([N+](=O)[O-])c3)cs2)cc1. The molecule has 0 aliphatic carbocycles. The summed E-state index contributed by atoms with van der Waals surface area (Å²) in [5.74, 6) is 0.749. The number of aromatic nitrogens is 1. The van der Waals surface area contributed by atoms with Gasteiger partial charge in [0.05, 0.1) is 22.9 Å². The molecular formula is C19H15N5O3S. The van der Waals surface area contributed by atoms with Crippen LogP contribution in [0.25, 0.3) is 11.3 Å².